The number of carbonyl (C=O) groups is 1. The monoisotopic (exact) mass is 359 g/mol. The molecule has 1 N–H and O–H groups in total. The van der Waals surface area contributed by atoms with Crippen LogP contribution in [0.1, 0.15) is 31.0 Å². The predicted molar refractivity (Wildman–Crippen MR) is 103 cm³/mol. The van der Waals surface area contributed by atoms with Gasteiger partial charge in [0.25, 0.3) is 0 Å². The van der Waals surface area contributed by atoms with Crippen molar-refractivity contribution < 1.29 is 14.3 Å². The maximum atomic E-state index is 12.5. The van der Waals surface area contributed by atoms with E-state index in [1.54, 1.807) is 26.0 Å². The third kappa shape index (κ3) is 5.43. The lowest BCUT2D eigenvalue weighted by Crippen LogP contribution is -2.33. The molecule has 0 fully saturated rings. The van der Waals surface area contributed by atoms with Gasteiger partial charge in [-0.1, -0.05) is 30.3 Å². The zero-order valence-electron chi connectivity index (χ0n) is 15.1. The van der Waals surface area contributed by atoms with Gasteiger partial charge in [0.05, 0.1) is 25.5 Å². The molecule has 0 radical (unpaired) electrons. The molecule has 0 saturated heterocycles. The Hall–Kier alpha value is -2.14. The van der Waals surface area contributed by atoms with E-state index in [0.29, 0.717) is 0 Å². The van der Waals surface area contributed by atoms with Crippen molar-refractivity contribution >= 4 is 17.7 Å². The first-order chi connectivity index (χ1) is 12.0. The van der Waals surface area contributed by atoms with Crippen molar-refractivity contribution in [2.75, 3.05) is 14.2 Å². The minimum Gasteiger partial charge on any atom is -0.497 e. The van der Waals surface area contributed by atoms with Gasteiger partial charge in [0.15, 0.2) is 0 Å². The van der Waals surface area contributed by atoms with E-state index in [2.05, 4.69) is 17.4 Å². The molecule has 2 rings (SSSR count). The largest absolute Gasteiger partial charge is 0.497 e. The average molecular weight is 359 g/mol. The molecule has 0 aliphatic rings. The van der Waals surface area contributed by atoms with Crippen molar-refractivity contribution in [3.63, 3.8) is 0 Å². The second kappa shape index (κ2) is 9.37. The number of nitrogens with one attached hydrogen (secondary N) is 1. The highest BCUT2D eigenvalue weighted by molar-refractivity contribution is 7.99. The van der Waals surface area contributed by atoms with Crippen LogP contribution >= 0.6 is 11.8 Å². The van der Waals surface area contributed by atoms with Crippen LogP contribution in [-0.2, 0) is 10.5 Å². The quantitative estimate of drug-likeness (QED) is 0.767. The fourth-order valence-electron chi connectivity index (χ4n) is 2.46. The SMILES string of the molecule is COc1ccc(OC)c([C@H](C)NC(=O)[C@H](C)SCc2ccccc2)c1. The van der Waals surface area contributed by atoms with Gasteiger partial charge in [0.1, 0.15) is 11.5 Å². The zero-order chi connectivity index (χ0) is 18.2. The molecule has 1 amide bonds. The third-order valence-corrected chi connectivity index (χ3v) is 5.19. The molecule has 0 aliphatic heterocycles. The molecule has 0 spiro atoms. The summed E-state index contributed by atoms with van der Waals surface area (Å²) in [4.78, 5) is 12.5. The van der Waals surface area contributed by atoms with E-state index in [4.69, 9.17) is 9.47 Å². The van der Waals surface area contributed by atoms with Crippen LogP contribution in [0.3, 0.4) is 0 Å². The highest BCUT2D eigenvalue weighted by Crippen LogP contribution is 2.29. The van der Waals surface area contributed by atoms with Gasteiger partial charge in [-0.25, -0.2) is 0 Å². The van der Waals surface area contributed by atoms with Crippen LogP contribution in [0.15, 0.2) is 48.5 Å². The molecular weight excluding hydrogens is 334 g/mol. The molecule has 0 unspecified atom stereocenters. The molecule has 134 valence electrons. The third-order valence-electron chi connectivity index (χ3n) is 3.97. The Morgan fingerprint density at radius 2 is 1.80 bits per heavy atom. The lowest BCUT2D eigenvalue weighted by molar-refractivity contribution is -0.120. The lowest BCUT2D eigenvalue weighted by Gasteiger charge is -2.20. The maximum Gasteiger partial charge on any atom is 0.233 e. The lowest BCUT2D eigenvalue weighted by atomic mass is 10.1. The van der Waals surface area contributed by atoms with Crippen LogP contribution in [0.2, 0.25) is 0 Å². The topological polar surface area (TPSA) is 47.6 Å². The Morgan fingerprint density at radius 1 is 1.08 bits per heavy atom. The number of thioether (sulfide) groups is 1. The summed E-state index contributed by atoms with van der Waals surface area (Å²) in [5.41, 5.74) is 2.12. The van der Waals surface area contributed by atoms with Crippen LogP contribution < -0.4 is 14.8 Å². The molecule has 5 heteroatoms. The molecule has 0 heterocycles. The summed E-state index contributed by atoms with van der Waals surface area (Å²) in [5, 5.41) is 2.92. The van der Waals surface area contributed by atoms with E-state index in [1.807, 2.05) is 50.2 Å². The van der Waals surface area contributed by atoms with Crippen molar-refractivity contribution in [1.82, 2.24) is 5.32 Å². The van der Waals surface area contributed by atoms with Gasteiger partial charge < -0.3 is 14.8 Å². The van der Waals surface area contributed by atoms with Gasteiger partial charge in [-0.2, -0.15) is 0 Å². The number of hydrogen-bond donors (Lipinski definition) is 1. The van der Waals surface area contributed by atoms with Crippen LogP contribution in [0.5, 0.6) is 11.5 Å². The number of amides is 1. The number of rotatable bonds is 8. The second-order valence-electron chi connectivity index (χ2n) is 5.78. The molecule has 0 aliphatic carbocycles. The van der Waals surface area contributed by atoms with Crippen molar-refractivity contribution in [2.45, 2.75) is 30.9 Å². The van der Waals surface area contributed by atoms with Crippen molar-refractivity contribution in [3.05, 3.63) is 59.7 Å². The Labute approximate surface area is 153 Å². The fourth-order valence-corrected chi connectivity index (χ4v) is 3.31. The van der Waals surface area contributed by atoms with Crippen molar-refractivity contribution in [2.24, 2.45) is 0 Å². The molecule has 2 aromatic carbocycles. The zero-order valence-corrected chi connectivity index (χ0v) is 15.9. The van der Waals surface area contributed by atoms with E-state index in [1.165, 1.54) is 5.56 Å². The normalized spacial score (nSPS) is 13.0. The van der Waals surface area contributed by atoms with E-state index in [9.17, 15) is 4.79 Å². The molecule has 0 aromatic heterocycles. The first kappa shape index (κ1) is 19.2. The Bertz CT molecular complexity index is 691. The summed E-state index contributed by atoms with van der Waals surface area (Å²) in [5.74, 6) is 2.30. The highest BCUT2D eigenvalue weighted by Gasteiger charge is 2.19. The summed E-state index contributed by atoms with van der Waals surface area (Å²) in [6, 6.07) is 15.6. The Balaban J connectivity index is 1.97. The molecule has 2 aromatic rings. The van der Waals surface area contributed by atoms with E-state index >= 15 is 0 Å². The predicted octanol–water partition coefficient (Wildman–Crippen LogP) is 4.20. The van der Waals surface area contributed by atoms with Crippen LogP contribution in [0, 0.1) is 0 Å². The van der Waals surface area contributed by atoms with Gasteiger partial charge in [-0.3, -0.25) is 4.79 Å². The van der Waals surface area contributed by atoms with Gasteiger partial charge in [0.2, 0.25) is 5.91 Å². The van der Waals surface area contributed by atoms with Gasteiger partial charge in [0, 0.05) is 11.3 Å². The van der Waals surface area contributed by atoms with Crippen molar-refractivity contribution in [1.29, 1.82) is 0 Å². The first-order valence-electron chi connectivity index (χ1n) is 8.23. The summed E-state index contributed by atoms with van der Waals surface area (Å²) in [6.45, 7) is 3.88. The van der Waals surface area contributed by atoms with E-state index < -0.39 is 0 Å². The van der Waals surface area contributed by atoms with Gasteiger partial charge in [-0.05, 0) is 37.6 Å². The summed E-state index contributed by atoms with van der Waals surface area (Å²) in [6.07, 6.45) is 0. The van der Waals surface area contributed by atoms with Crippen LogP contribution in [-0.4, -0.2) is 25.4 Å². The first-order valence-corrected chi connectivity index (χ1v) is 9.27. The number of benzene rings is 2. The summed E-state index contributed by atoms with van der Waals surface area (Å²) in [7, 11) is 3.25. The minimum absolute atomic E-state index is 0.0123. The second-order valence-corrected chi connectivity index (χ2v) is 7.11. The number of ether oxygens (including phenoxy) is 2. The Kier molecular flexibility index (Phi) is 7.19. The van der Waals surface area contributed by atoms with Gasteiger partial charge >= 0.3 is 0 Å². The van der Waals surface area contributed by atoms with E-state index in [0.717, 1.165) is 22.8 Å². The maximum absolute atomic E-state index is 12.5. The minimum atomic E-state index is -0.169. The standard InChI is InChI=1S/C20H25NO3S/c1-14(18-12-17(23-3)10-11-19(18)24-4)21-20(22)15(2)25-13-16-8-6-5-7-9-16/h5-12,14-15H,13H2,1-4H3,(H,21,22)/t14-,15-/m0/s1. The summed E-state index contributed by atoms with van der Waals surface area (Å²) >= 11 is 1.62. The summed E-state index contributed by atoms with van der Waals surface area (Å²) < 4.78 is 10.7. The molecule has 25 heavy (non-hydrogen) atoms. The molecule has 4 nitrogen and oxygen atoms in total. The highest BCUT2D eigenvalue weighted by atomic mass is 32.2. The van der Waals surface area contributed by atoms with E-state index in [-0.39, 0.29) is 17.2 Å². The molecule has 0 saturated carbocycles. The smallest absolute Gasteiger partial charge is 0.233 e. The number of methoxy groups -OCH3 is 2. The Morgan fingerprint density at radius 3 is 2.44 bits per heavy atom. The molecular formula is C20H25NO3S. The molecule has 0 bridgehead atoms. The van der Waals surface area contributed by atoms with Crippen LogP contribution in [0.25, 0.3) is 0 Å². The average Bonchev–Trinajstić information content (AvgIpc) is 2.66. The van der Waals surface area contributed by atoms with Gasteiger partial charge in [-0.15, -0.1) is 11.8 Å². The number of hydrogen-bond acceptors (Lipinski definition) is 4. The van der Waals surface area contributed by atoms with Crippen molar-refractivity contribution in [3.8, 4) is 11.5 Å². The fraction of sp³-hybridized carbons (Fsp3) is 0.350. The molecule has 2 atom stereocenters. The number of carbonyl (C=O) groups excluding carboxylic acids is 1. The van der Waals surface area contributed by atoms with Crippen LogP contribution in [0.4, 0.5) is 0 Å².